The average molecular weight is 298 g/mol. The number of carbonyl (C=O) groups excluding carboxylic acids is 1. The second-order valence-corrected chi connectivity index (χ2v) is 5.38. The Morgan fingerprint density at radius 2 is 1.86 bits per heavy atom. The molecule has 0 unspecified atom stereocenters. The number of rotatable bonds is 5. The molecule has 1 aromatic carbocycles. The molecule has 0 aliphatic carbocycles. The molecule has 0 saturated carbocycles. The van der Waals surface area contributed by atoms with Crippen LogP contribution >= 0.6 is 0 Å². The van der Waals surface area contributed by atoms with E-state index in [1.54, 1.807) is 0 Å². The van der Waals surface area contributed by atoms with Crippen molar-refractivity contribution in [3.05, 3.63) is 52.8 Å². The van der Waals surface area contributed by atoms with E-state index in [9.17, 15) is 4.79 Å². The molecular weight excluding hydrogens is 276 g/mol. The van der Waals surface area contributed by atoms with E-state index in [0.717, 1.165) is 29.1 Å². The zero-order chi connectivity index (χ0) is 16.1. The van der Waals surface area contributed by atoms with Gasteiger partial charge in [-0.25, -0.2) is 0 Å². The van der Waals surface area contributed by atoms with Gasteiger partial charge in [0.1, 0.15) is 5.75 Å². The Balaban J connectivity index is 1.95. The molecule has 1 aromatic heterocycles. The first-order valence-electron chi connectivity index (χ1n) is 7.46. The fourth-order valence-corrected chi connectivity index (χ4v) is 2.36. The Labute approximate surface area is 131 Å². The van der Waals surface area contributed by atoms with E-state index in [1.807, 2.05) is 51.1 Å². The number of amides is 1. The lowest BCUT2D eigenvalue weighted by molar-refractivity contribution is -0.118. The third-order valence-corrected chi connectivity index (χ3v) is 3.49. The number of anilines is 1. The minimum Gasteiger partial charge on any atom is -0.484 e. The van der Waals surface area contributed by atoms with E-state index in [2.05, 4.69) is 17.2 Å². The van der Waals surface area contributed by atoms with Gasteiger partial charge in [-0.3, -0.25) is 9.78 Å². The molecule has 116 valence electrons. The molecule has 2 aromatic rings. The number of benzene rings is 1. The van der Waals surface area contributed by atoms with Crippen LogP contribution in [0, 0.1) is 20.8 Å². The summed E-state index contributed by atoms with van der Waals surface area (Å²) >= 11 is 0. The molecule has 0 fully saturated rings. The van der Waals surface area contributed by atoms with Gasteiger partial charge in [-0.2, -0.15) is 0 Å². The van der Waals surface area contributed by atoms with E-state index >= 15 is 0 Å². The summed E-state index contributed by atoms with van der Waals surface area (Å²) in [4.78, 5) is 16.4. The Morgan fingerprint density at radius 3 is 2.45 bits per heavy atom. The number of aromatic nitrogens is 1. The van der Waals surface area contributed by atoms with Gasteiger partial charge in [0, 0.05) is 5.69 Å². The Morgan fingerprint density at radius 1 is 1.18 bits per heavy atom. The number of carbonyl (C=O) groups is 1. The molecular formula is C18H22N2O2. The number of aryl methyl sites for hydroxylation is 4. The van der Waals surface area contributed by atoms with Crippen LogP contribution in [0.1, 0.15) is 29.4 Å². The van der Waals surface area contributed by atoms with Crippen molar-refractivity contribution in [1.82, 2.24) is 4.98 Å². The summed E-state index contributed by atoms with van der Waals surface area (Å²) in [6.07, 6.45) is 0.986. The number of ether oxygens (including phenoxy) is 1. The molecule has 2 rings (SSSR count). The third-order valence-electron chi connectivity index (χ3n) is 3.49. The SMILES string of the molecule is CCc1ccc(OCC(=O)Nc2c(C)cc(C)nc2C)cc1. The zero-order valence-corrected chi connectivity index (χ0v) is 13.6. The van der Waals surface area contributed by atoms with Crippen molar-refractivity contribution in [2.75, 3.05) is 11.9 Å². The van der Waals surface area contributed by atoms with Crippen LogP contribution in [0.25, 0.3) is 0 Å². The molecule has 1 N–H and O–H groups in total. The van der Waals surface area contributed by atoms with Crippen molar-refractivity contribution in [3.8, 4) is 5.75 Å². The van der Waals surface area contributed by atoms with Crippen molar-refractivity contribution >= 4 is 11.6 Å². The van der Waals surface area contributed by atoms with Crippen LogP contribution in [0.2, 0.25) is 0 Å². The van der Waals surface area contributed by atoms with Gasteiger partial charge in [0.2, 0.25) is 0 Å². The number of hydrogen-bond donors (Lipinski definition) is 1. The normalized spacial score (nSPS) is 10.4. The van der Waals surface area contributed by atoms with Gasteiger partial charge in [0.05, 0.1) is 11.4 Å². The Kier molecular flexibility index (Phi) is 5.15. The maximum atomic E-state index is 12.0. The summed E-state index contributed by atoms with van der Waals surface area (Å²) in [7, 11) is 0. The van der Waals surface area contributed by atoms with Crippen LogP contribution in [0.15, 0.2) is 30.3 Å². The lowest BCUT2D eigenvalue weighted by Crippen LogP contribution is -2.21. The molecule has 1 heterocycles. The van der Waals surface area contributed by atoms with E-state index in [-0.39, 0.29) is 12.5 Å². The Bertz CT molecular complexity index is 640. The average Bonchev–Trinajstić information content (AvgIpc) is 2.49. The van der Waals surface area contributed by atoms with Gasteiger partial charge in [0.25, 0.3) is 5.91 Å². The van der Waals surface area contributed by atoms with Crippen molar-refractivity contribution in [1.29, 1.82) is 0 Å². The van der Waals surface area contributed by atoms with Crippen LogP contribution in [0.4, 0.5) is 5.69 Å². The monoisotopic (exact) mass is 298 g/mol. The second-order valence-electron chi connectivity index (χ2n) is 5.38. The molecule has 0 bridgehead atoms. The first kappa shape index (κ1) is 16.0. The highest BCUT2D eigenvalue weighted by atomic mass is 16.5. The van der Waals surface area contributed by atoms with Crippen molar-refractivity contribution < 1.29 is 9.53 Å². The molecule has 0 spiro atoms. The summed E-state index contributed by atoms with van der Waals surface area (Å²) in [6, 6.07) is 9.73. The van der Waals surface area contributed by atoms with Crippen LogP contribution in [-0.2, 0) is 11.2 Å². The molecule has 1 amide bonds. The zero-order valence-electron chi connectivity index (χ0n) is 13.6. The highest BCUT2D eigenvalue weighted by Gasteiger charge is 2.10. The van der Waals surface area contributed by atoms with Gasteiger partial charge in [-0.15, -0.1) is 0 Å². The van der Waals surface area contributed by atoms with Gasteiger partial charge in [-0.1, -0.05) is 19.1 Å². The van der Waals surface area contributed by atoms with Crippen LogP contribution < -0.4 is 10.1 Å². The van der Waals surface area contributed by atoms with E-state index in [1.165, 1.54) is 5.56 Å². The van der Waals surface area contributed by atoms with Crippen LogP contribution in [0.3, 0.4) is 0 Å². The smallest absolute Gasteiger partial charge is 0.262 e. The summed E-state index contributed by atoms with van der Waals surface area (Å²) in [6.45, 7) is 7.87. The van der Waals surface area contributed by atoms with Crippen molar-refractivity contribution in [3.63, 3.8) is 0 Å². The number of hydrogen-bond acceptors (Lipinski definition) is 3. The third kappa shape index (κ3) is 4.07. The topological polar surface area (TPSA) is 51.2 Å². The summed E-state index contributed by atoms with van der Waals surface area (Å²) < 4.78 is 5.51. The van der Waals surface area contributed by atoms with E-state index in [4.69, 9.17) is 4.74 Å². The van der Waals surface area contributed by atoms with Crippen LogP contribution in [0.5, 0.6) is 5.75 Å². The van der Waals surface area contributed by atoms with Crippen LogP contribution in [-0.4, -0.2) is 17.5 Å². The predicted octanol–water partition coefficient (Wildman–Crippen LogP) is 3.59. The lowest BCUT2D eigenvalue weighted by Gasteiger charge is -2.12. The van der Waals surface area contributed by atoms with Gasteiger partial charge < -0.3 is 10.1 Å². The number of nitrogens with one attached hydrogen (secondary N) is 1. The molecule has 0 aliphatic heterocycles. The molecule has 0 radical (unpaired) electrons. The molecule has 4 nitrogen and oxygen atoms in total. The highest BCUT2D eigenvalue weighted by molar-refractivity contribution is 5.93. The standard InChI is InChI=1S/C18H22N2O2/c1-5-15-6-8-16(9-7-15)22-11-17(21)20-18-12(2)10-13(3)19-14(18)4/h6-10H,5,11H2,1-4H3,(H,20,21). The first-order chi connectivity index (χ1) is 10.5. The fourth-order valence-electron chi connectivity index (χ4n) is 2.36. The Hall–Kier alpha value is -2.36. The summed E-state index contributed by atoms with van der Waals surface area (Å²) in [5.74, 6) is 0.513. The molecule has 22 heavy (non-hydrogen) atoms. The first-order valence-corrected chi connectivity index (χ1v) is 7.46. The van der Waals surface area contributed by atoms with Crippen molar-refractivity contribution in [2.24, 2.45) is 0 Å². The molecule has 0 atom stereocenters. The predicted molar refractivity (Wildman–Crippen MR) is 88.4 cm³/mol. The number of nitrogens with zero attached hydrogens (tertiary/aromatic N) is 1. The highest BCUT2D eigenvalue weighted by Crippen LogP contribution is 2.19. The number of pyridine rings is 1. The maximum absolute atomic E-state index is 12.0. The largest absolute Gasteiger partial charge is 0.484 e. The summed E-state index contributed by atoms with van der Waals surface area (Å²) in [5.41, 5.74) is 4.78. The second kappa shape index (κ2) is 7.07. The molecule has 0 saturated heterocycles. The maximum Gasteiger partial charge on any atom is 0.262 e. The van der Waals surface area contributed by atoms with Crippen molar-refractivity contribution in [2.45, 2.75) is 34.1 Å². The summed E-state index contributed by atoms with van der Waals surface area (Å²) in [5, 5.41) is 2.87. The minimum atomic E-state index is -0.184. The van der Waals surface area contributed by atoms with Gasteiger partial charge >= 0.3 is 0 Å². The van der Waals surface area contributed by atoms with E-state index < -0.39 is 0 Å². The van der Waals surface area contributed by atoms with Gasteiger partial charge in [-0.05, 0) is 56.5 Å². The van der Waals surface area contributed by atoms with E-state index in [0.29, 0.717) is 5.75 Å². The lowest BCUT2D eigenvalue weighted by atomic mass is 10.1. The quantitative estimate of drug-likeness (QED) is 0.917. The minimum absolute atomic E-state index is 0.0156. The fraction of sp³-hybridized carbons (Fsp3) is 0.333. The van der Waals surface area contributed by atoms with Gasteiger partial charge in [0.15, 0.2) is 6.61 Å². The molecule has 0 aliphatic rings. The molecule has 4 heteroatoms.